The van der Waals surface area contributed by atoms with E-state index in [9.17, 15) is 0 Å². The zero-order valence-electron chi connectivity index (χ0n) is 14.0. The minimum Gasteiger partial charge on any atom is -0.493 e. The van der Waals surface area contributed by atoms with Crippen molar-refractivity contribution in [1.29, 1.82) is 0 Å². The van der Waals surface area contributed by atoms with Gasteiger partial charge in [0.25, 0.3) is 0 Å². The molecule has 3 aromatic rings. The fraction of sp³-hybridized carbons (Fsp3) is 0.211. The van der Waals surface area contributed by atoms with Crippen LogP contribution in [0.1, 0.15) is 5.56 Å². The molecule has 1 aromatic heterocycles. The van der Waals surface area contributed by atoms with E-state index in [4.69, 9.17) is 14.6 Å². The molecule has 0 spiro atoms. The van der Waals surface area contributed by atoms with E-state index in [1.165, 1.54) is 5.56 Å². The highest BCUT2D eigenvalue weighted by molar-refractivity contribution is 9.10. The third kappa shape index (κ3) is 2.66. The summed E-state index contributed by atoms with van der Waals surface area (Å²) in [7, 11) is 3.30. The highest BCUT2D eigenvalue weighted by Gasteiger charge is 2.26. The summed E-state index contributed by atoms with van der Waals surface area (Å²) in [6, 6.07) is 14.0. The van der Waals surface area contributed by atoms with Crippen molar-refractivity contribution in [3.63, 3.8) is 0 Å². The summed E-state index contributed by atoms with van der Waals surface area (Å²) in [5.41, 5.74) is 4.07. The maximum atomic E-state index is 5.61. The first-order chi connectivity index (χ1) is 12.2. The molecular weight excluding hydrogens is 382 g/mol. The maximum Gasteiger partial charge on any atom is 0.170 e. The van der Waals surface area contributed by atoms with Gasteiger partial charge in [0.2, 0.25) is 0 Å². The predicted octanol–water partition coefficient (Wildman–Crippen LogP) is 4.29. The molecule has 5 nitrogen and oxygen atoms in total. The van der Waals surface area contributed by atoms with Crippen LogP contribution in [0.3, 0.4) is 0 Å². The molecule has 0 bridgehead atoms. The lowest BCUT2D eigenvalue weighted by Gasteiger charge is -2.11. The summed E-state index contributed by atoms with van der Waals surface area (Å²) < 4.78 is 14.0. The first-order valence-electron chi connectivity index (χ1n) is 8.06. The normalized spacial score (nSPS) is 12.6. The van der Waals surface area contributed by atoms with Gasteiger partial charge in [0.15, 0.2) is 11.5 Å². The molecule has 4 rings (SSSR count). The van der Waals surface area contributed by atoms with Gasteiger partial charge in [-0.05, 0) is 36.8 Å². The molecule has 0 fully saturated rings. The Hall–Kier alpha value is -2.47. The van der Waals surface area contributed by atoms with Crippen molar-refractivity contribution in [2.24, 2.45) is 0 Å². The molecule has 0 saturated heterocycles. The van der Waals surface area contributed by atoms with E-state index in [1.807, 2.05) is 41.1 Å². The molecular formula is C19H18BrN3O2. The third-order valence-corrected chi connectivity index (χ3v) is 4.86. The third-order valence-electron chi connectivity index (χ3n) is 4.36. The number of hydrogen-bond donors (Lipinski definition) is 1. The first kappa shape index (κ1) is 16.0. The van der Waals surface area contributed by atoms with Crippen LogP contribution in [0.5, 0.6) is 11.5 Å². The minimum absolute atomic E-state index is 0.705. The average molecular weight is 400 g/mol. The second-order valence-corrected chi connectivity index (χ2v) is 6.70. The van der Waals surface area contributed by atoms with Crippen molar-refractivity contribution in [3.8, 4) is 28.4 Å². The van der Waals surface area contributed by atoms with Gasteiger partial charge in [-0.3, -0.25) is 0 Å². The monoisotopic (exact) mass is 399 g/mol. The average Bonchev–Trinajstić information content (AvgIpc) is 3.23. The molecule has 0 radical (unpaired) electrons. The lowest BCUT2D eigenvalue weighted by Crippen LogP contribution is -2.04. The van der Waals surface area contributed by atoms with Crippen molar-refractivity contribution >= 4 is 21.7 Å². The minimum atomic E-state index is 0.705. The van der Waals surface area contributed by atoms with E-state index in [-0.39, 0.29) is 0 Å². The highest BCUT2D eigenvalue weighted by Crippen LogP contribution is 2.42. The second kappa shape index (κ2) is 6.44. The number of aromatic nitrogens is 2. The number of para-hydroxylation sites is 1. The van der Waals surface area contributed by atoms with E-state index in [0.717, 1.165) is 40.2 Å². The van der Waals surface area contributed by atoms with Gasteiger partial charge in [-0.15, -0.1) is 0 Å². The molecule has 6 heteroatoms. The van der Waals surface area contributed by atoms with Crippen molar-refractivity contribution in [1.82, 2.24) is 9.78 Å². The molecule has 1 N–H and O–H groups in total. The largest absolute Gasteiger partial charge is 0.493 e. The van der Waals surface area contributed by atoms with Gasteiger partial charge in [-0.2, -0.15) is 5.10 Å². The van der Waals surface area contributed by atoms with Gasteiger partial charge in [-0.1, -0.05) is 28.1 Å². The Morgan fingerprint density at radius 2 is 1.96 bits per heavy atom. The van der Waals surface area contributed by atoms with Crippen LogP contribution < -0.4 is 14.8 Å². The number of benzene rings is 2. The Morgan fingerprint density at radius 3 is 2.72 bits per heavy atom. The number of halogens is 1. The van der Waals surface area contributed by atoms with Crippen LogP contribution >= 0.6 is 15.9 Å². The van der Waals surface area contributed by atoms with Crippen molar-refractivity contribution in [2.45, 2.75) is 6.42 Å². The Kier molecular flexibility index (Phi) is 4.13. The molecule has 0 aliphatic carbocycles. The summed E-state index contributed by atoms with van der Waals surface area (Å²) >= 11 is 3.54. The standard InChI is InChI=1S/C19H18BrN3O2/c1-24-16-8-4-7-14(18(16)25-2)17-15-9-10-21-19(15)23(22-17)13-6-3-5-12(20)11-13/h3-8,11,21H,9-10H2,1-2H3. The summed E-state index contributed by atoms with van der Waals surface area (Å²) in [5, 5.41) is 8.35. The molecule has 0 unspecified atom stereocenters. The topological polar surface area (TPSA) is 48.3 Å². The maximum absolute atomic E-state index is 5.61. The van der Waals surface area contributed by atoms with Gasteiger partial charge >= 0.3 is 0 Å². The van der Waals surface area contributed by atoms with Gasteiger partial charge in [0, 0.05) is 22.1 Å². The molecule has 2 heterocycles. The molecule has 1 aliphatic rings. The Balaban J connectivity index is 1.92. The molecule has 1 aliphatic heterocycles. The molecule has 25 heavy (non-hydrogen) atoms. The van der Waals surface area contributed by atoms with E-state index in [2.05, 4.69) is 27.3 Å². The van der Waals surface area contributed by atoms with E-state index >= 15 is 0 Å². The SMILES string of the molecule is COc1cccc(-c2nn(-c3cccc(Br)c3)c3c2CCN3)c1OC. The predicted molar refractivity (Wildman–Crippen MR) is 102 cm³/mol. The van der Waals surface area contributed by atoms with Crippen LogP contribution in [0.25, 0.3) is 16.9 Å². The number of nitrogens with zero attached hydrogens (tertiary/aromatic N) is 2. The van der Waals surface area contributed by atoms with Crippen LogP contribution in [-0.4, -0.2) is 30.5 Å². The van der Waals surface area contributed by atoms with Crippen LogP contribution in [0.15, 0.2) is 46.9 Å². The Morgan fingerprint density at radius 1 is 1.12 bits per heavy atom. The van der Waals surface area contributed by atoms with Gasteiger partial charge in [0.05, 0.1) is 19.9 Å². The van der Waals surface area contributed by atoms with E-state index < -0.39 is 0 Å². The number of ether oxygens (including phenoxy) is 2. The van der Waals surface area contributed by atoms with Crippen molar-refractivity contribution in [2.75, 3.05) is 26.1 Å². The number of fused-ring (bicyclic) bond motifs is 1. The van der Waals surface area contributed by atoms with Gasteiger partial charge in [-0.25, -0.2) is 4.68 Å². The van der Waals surface area contributed by atoms with Crippen LogP contribution in [0, 0.1) is 0 Å². The number of rotatable bonds is 4. The number of anilines is 1. The summed E-state index contributed by atoms with van der Waals surface area (Å²) in [6.07, 6.45) is 0.930. The lowest BCUT2D eigenvalue weighted by molar-refractivity contribution is 0.356. The Labute approximate surface area is 154 Å². The van der Waals surface area contributed by atoms with Crippen LogP contribution in [0.2, 0.25) is 0 Å². The fourth-order valence-electron chi connectivity index (χ4n) is 3.26. The van der Waals surface area contributed by atoms with Crippen molar-refractivity contribution < 1.29 is 9.47 Å². The Bertz CT molecular complexity index is 936. The molecule has 128 valence electrons. The summed E-state index contributed by atoms with van der Waals surface area (Å²) in [4.78, 5) is 0. The van der Waals surface area contributed by atoms with Crippen LogP contribution in [0.4, 0.5) is 5.82 Å². The van der Waals surface area contributed by atoms with Crippen LogP contribution in [-0.2, 0) is 6.42 Å². The molecule has 0 atom stereocenters. The zero-order chi connectivity index (χ0) is 17.4. The van der Waals surface area contributed by atoms with E-state index in [1.54, 1.807) is 14.2 Å². The number of hydrogen-bond acceptors (Lipinski definition) is 4. The molecule has 2 aromatic carbocycles. The first-order valence-corrected chi connectivity index (χ1v) is 8.85. The second-order valence-electron chi connectivity index (χ2n) is 5.79. The summed E-state index contributed by atoms with van der Waals surface area (Å²) in [5.74, 6) is 2.45. The molecule has 0 saturated carbocycles. The fourth-order valence-corrected chi connectivity index (χ4v) is 3.65. The quantitative estimate of drug-likeness (QED) is 0.710. The van der Waals surface area contributed by atoms with Gasteiger partial charge in [0.1, 0.15) is 11.5 Å². The smallest absolute Gasteiger partial charge is 0.170 e. The number of methoxy groups -OCH3 is 2. The number of nitrogens with one attached hydrogen (secondary N) is 1. The summed E-state index contributed by atoms with van der Waals surface area (Å²) in [6.45, 7) is 0.903. The zero-order valence-corrected chi connectivity index (χ0v) is 15.6. The highest BCUT2D eigenvalue weighted by atomic mass is 79.9. The van der Waals surface area contributed by atoms with Gasteiger partial charge < -0.3 is 14.8 Å². The van der Waals surface area contributed by atoms with Crippen molar-refractivity contribution in [3.05, 3.63) is 52.5 Å². The molecule has 0 amide bonds. The van der Waals surface area contributed by atoms with E-state index in [0.29, 0.717) is 11.5 Å². The lowest BCUT2D eigenvalue weighted by atomic mass is 10.1.